The Labute approximate surface area is 141 Å². The third kappa shape index (κ3) is 2.88. The fourth-order valence-electron chi connectivity index (χ4n) is 2.55. The van der Waals surface area contributed by atoms with E-state index in [0.717, 1.165) is 9.60 Å². The van der Waals surface area contributed by atoms with E-state index in [-0.39, 0.29) is 36.8 Å². The highest BCUT2D eigenvalue weighted by atomic mass is 32.1. The number of rotatable bonds is 4. The van der Waals surface area contributed by atoms with Crippen LogP contribution in [0.3, 0.4) is 0 Å². The molecule has 8 heteroatoms. The molecule has 24 heavy (non-hydrogen) atoms. The van der Waals surface area contributed by atoms with Crippen molar-refractivity contribution >= 4 is 50.1 Å². The Morgan fingerprint density at radius 1 is 1.21 bits per heavy atom. The van der Waals surface area contributed by atoms with Crippen LogP contribution in [0.15, 0.2) is 24.3 Å². The molecule has 3 amide bonds. The highest BCUT2D eigenvalue weighted by Gasteiger charge is 2.31. The Balaban J connectivity index is 1.86. The third-order valence-corrected chi connectivity index (χ3v) is 4.78. The van der Waals surface area contributed by atoms with Crippen molar-refractivity contribution in [2.45, 2.75) is 12.8 Å². The van der Waals surface area contributed by atoms with Gasteiger partial charge in [0.25, 0.3) is 0 Å². The number of hydrogen-bond acceptors (Lipinski definition) is 6. The van der Waals surface area contributed by atoms with Crippen molar-refractivity contribution in [3.63, 3.8) is 0 Å². The number of likely N-dealkylation sites (tertiary alicyclic amines) is 1. The van der Waals surface area contributed by atoms with Crippen molar-refractivity contribution in [1.82, 2.24) is 4.90 Å². The monoisotopic (exact) mass is 346 g/mol. The maximum atomic E-state index is 12.2. The molecular weight excluding hydrogens is 332 g/mol. The molecule has 2 aromatic rings. The molecule has 0 spiro atoms. The Bertz CT molecular complexity index is 841. The number of nitrogens with one attached hydrogen (secondary N) is 1. The van der Waals surface area contributed by atoms with Gasteiger partial charge in [-0.3, -0.25) is 19.3 Å². The molecule has 0 atom stereocenters. The van der Waals surface area contributed by atoms with Gasteiger partial charge >= 0.3 is 5.97 Å². The minimum absolute atomic E-state index is 0.127. The summed E-state index contributed by atoms with van der Waals surface area (Å²) >= 11 is 1.23. The first-order valence-corrected chi connectivity index (χ1v) is 8.06. The number of thiophene rings is 1. The first kappa shape index (κ1) is 16.1. The second kappa shape index (κ2) is 6.40. The van der Waals surface area contributed by atoms with Crippen LogP contribution < -0.4 is 5.32 Å². The second-order valence-corrected chi connectivity index (χ2v) is 6.27. The predicted molar refractivity (Wildman–Crippen MR) is 87.7 cm³/mol. The number of amides is 3. The van der Waals surface area contributed by atoms with Crippen molar-refractivity contribution in [1.29, 1.82) is 0 Å². The first-order chi connectivity index (χ1) is 11.5. The zero-order valence-corrected chi connectivity index (χ0v) is 13.6. The molecular formula is C16H14N2O5S. The Morgan fingerprint density at radius 2 is 1.88 bits per heavy atom. The van der Waals surface area contributed by atoms with Crippen LogP contribution in [0.4, 0.5) is 5.00 Å². The van der Waals surface area contributed by atoms with Gasteiger partial charge in [-0.2, -0.15) is 0 Å². The van der Waals surface area contributed by atoms with Gasteiger partial charge in [0.1, 0.15) is 17.1 Å². The highest BCUT2D eigenvalue weighted by Crippen LogP contribution is 2.36. The molecule has 1 saturated heterocycles. The molecule has 1 fully saturated rings. The maximum Gasteiger partial charge on any atom is 0.341 e. The topological polar surface area (TPSA) is 92.8 Å². The van der Waals surface area contributed by atoms with Gasteiger partial charge in [-0.15, -0.1) is 11.3 Å². The number of anilines is 1. The molecule has 7 nitrogen and oxygen atoms in total. The number of esters is 1. The summed E-state index contributed by atoms with van der Waals surface area (Å²) in [4.78, 5) is 48.4. The molecule has 3 rings (SSSR count). The Morgan fingerprint density at radius 3 is 2.54 bits per heavy atom. The summed E-state index contributed by atoms with van der Waals surface area (Å²) in [5.41, 5.74) is 0.269. The maximum absolute atomic E-state index is 12.2. The smallest absolute Gasteiger partial charge is 0.341 e. The van der Waals surface area contributed by atoms with E-state index >= 15 is 0 Å². The van der Waals surface area contributed by atoms with Gasteiger partial charge in [-0.25, -0.2) is 4.79 Å². The SMILES string of the molecule is COC(=O)c1c(NC(=O)CN2C(=O)CCC2=O)sc2ccccc12. The molecule has 2 heterocycles. The molecule has 0 saturated carbocycles. The molecule has 1 aromatic heterocycles. The van der Waals surface area contributed by atoms with Crippen molar-refractivity contribution in [3.05, 3.63) is 29.8 Å². The van der Waals surface area contributed by atoms with E-state index in [1.54, 1.807) is 12.1 Å². The van der Waals surface area contributed by atoms with Crippen molar-refractivity contribution in [3.8, 4) is 0 Å². The molecule has 1 aromatic carbocycles. The number of methoxy groups -OCH3 is 1. The predicted octanol–water partition coefficient (Wildman–Crippen LogP) is 1.78. The molecule has 0 aliphatic carbocycles. The fraction of sp³-hybridized carbons (Fsp3) is 0.250. The minimum atomic E-state index is -0.559. The van der Waals surface area contributed by atoms with Crippen LogP contribution >= 0.6 is 11.3 Å². The number of benzene rings is 1. The summed E-state index contributed by atoms with van der Waals surface area (Å²) in [5.74, 6) is -1.81. The van der Waals surface area contributed by atoms with Gasteiger partial charge < -0.3 is 10.1 Å². The van der Waals surface area contributed by atoms with Gasteiger partial charge in [0, 0.05) is 22.9 Å². The lowest BCUT2D eigenvalue weighted by Gasteiger charge is -2.13. The Hall–Kier alpha value is -2.74. The average molecular weight is 346 g/mol. The lowest BCUT2D eigenvalue weighted by molar-refractivity contribution is -0.141. The summed E-state index contributed by atoms with van der Waals surface area (Å²) < 4.78 is 5.61. The van der Waals surface area contributed by atoms with Crippen LogP contribution in [0.5, 0.6) is 0 Å². The van der Waals surface area contributed by atoms with E-state index in [0.29, 0.717) is 10.4 Å². The minimum Gasteiger partial charge on any atom is -0.465 e. The van der Waals surface area contributed by atoms with Crippen LogP contribution in [0, 0.1) is 0 Å². The summed E-state index contributed by atoms with van der Waals surface area (Å²) in [6.07, 6.45) is 0.255. The number of fused-ring (bicyclic) bond motifs is 1. The number of nitrogens with zero attached hydrogens (tertiary/aromatic N) is 1. The fourth-order valence-corrected chi connectivity index (χ4v) is 3.65. The summed E-state index contributed by atoms with van der Waals surface area (Å²) in [6, 6.07) is 7.21. The molecule has 1 N–H and O–H groups in total. The Kier molecular flexibility index (Phi) is 4.30. The van der Waals surface area contributed by atoms with Crippen molar-refractivity contribution < 1.29 is 23.9 Å². The van der Waals surface area contributed by atoms with Crippen molar-refractivity contribution in [2.24, 2.45) is 0 Å². The molecule has 0 radical (unpaired) electrons. The van der Waals surface area contributed by atoms with E-state index in [2.05, 4.69) is 5.32 Å². The van der Waals surface area contributed by atoms with Crippen LogP contribution in [-0.2, 0) is 19.1 Å². The number of ether oxygens (including phenoxy) is 1. The van der Waals surface area contributed by atoms with Crippen LogP contribution in [0.2, 0.25) is 0 Å². The standard InChI is InChI=1S/C16H14N2O5S/c1-23-16(22)14-9-4-2-3-5-10(9)24-15(14)17-11(19)8-18-12(20)6-7-13(18)21/h2-5H,6-8H2,1H3,(H,17,19). The number of carbonyl (C=O) groups excluding carboxylic acids is 4. The van der Waals surface area contributed by atoms with Crippen LogP contribution in [0.25, 0.3) is 10.1 Å². The van der Waals surface area contributed by atoms with Gasteiger partial charge in [0.05, 0.1) is 7.11 Å². The summed E-state index contributed by atoms with van der Waals surface area (Å²) in [5, 5.41) is 3.63. The van der Waals surface area contributed by atoms with Crippen molar-refractivity contribution in [2.75, 3.05) is 19.0 Å². The van der Waals surface area contributed by atoms with E-state index in [4.69, 9.17) is 4.74 Å². The normalized spacial score (nSPS) is 14.3. The van der Waals surface area contributed by atoms with Gasteiger partial charge in [-0.1, -0.05) is 18.2 Å². The van der Waals surface area contributed by atoms with E-state index in [9.17, 15) is 19.2 Å². The third-order valence-electron chi connectivity index (χ3n) is 3.69. The second-order valence-electron chi connectivity index (χ2n) is 5.22. The number of imide groups is 1. The number of carbonyl (C=O) groups is 4. The molecule has 0 unspecified atom stereocenters. The van der Waals surface area contributed by atoms with Crippen LogP contribution in [-0.4, -0.2) is 42.2 Å². The zero-order chi connectivity index (χ0) is 17.3. The lowest BCUT2D eigenvalue weighted by Crippen LogP contribution is -2.36. The largest absolute Gasteiger partial charge is 0.465 e. The van der Waals surface area contributed by atoms with E-state index in [1.165, 1.54) is 18.4 Å². The average Bonchev–Trinajstić information content (AvgIpc) is 3.08. The number of hydrogen-bond donors (Lipinski definition) is 1. The van der Waals surface area contributed by atoms with Gasteiger partial charge in [0.15, 0.2) is 0 Å². The van der Waals surface area contributed by atoms with Gasteiger partial charge in [0.2, 0.25) is 17.7 Å². The molecule has 1 aliphatic rings. The van der Waals surface area contributed by atoms with Crippen LogP contribution in [0.1, 0.15) is 23.2 Å². The summed E-state index contributed by atoms with van der Waals surface area (Å²) in [6.45, 7) is -0.355. The molecule has 1 aliphatic heterocycles. The zero-order valence-electron chi connectivity index (χ0n) is 12.8. The van der Waals surface area contributed by atoms with Gasteiger partial charge in [-0.05, 0) is 6.07 Å². The first-order valence-electron chi connectivity index (χ1n) is 7.24. The highest BCUT2D eigenvalue weighted by molar-refractivity contribution is 7.23. The lowest BCUT2D eigenvalue weighted by atomic mass is 10.1. The van der Waals surface area contributed by atoms with E-state index in [1.807, 2.05) is 12.1 Å². The molecule has 124 valence electrons. The summed E-state index contributed by atoms with van der Waals surface area (Å²) in [7, 11) is 1.27. The van der Waals surface area contributed by atoms with E-state index < -0.39 is 11.9 Å². The molecule has 0 bridgehead atoms. The quantitative estimate of drug-likeness (QED) is 0.673.